The van der Waals surface area contributed by atoms with Gasteiger partial charge in [-0.05, 0) is 45.0 Å². The second-order valence-electron chi connectivity index (χ2n) is 4.95. The molecule has 0 bridgehead atoms. The van der Waals surface area contributed by atoms with Crippen molar-refractivity contribution < 1.29 is 24.9 Å². The van der Waals surface area contributed by atoms with E-state index in [1.807, 2.05) is 0 Å². The lowest BCUT2D eigenvalue weighted by atomic mass is 10.2. The second kappa shape index (κ2) is 7.34. The summed E-state index contributed by atoms with van der Waals surface area (Å²) in [5, 5.41) is 13.8. The predicted octanol–water partition coefficient (Wildman–Crippen LogP) is 1.71. The van der Waals surface area contributed by atoms with Gasteiger partial charge in [0.05, 0.1) is 0 Å². The molecule has 5 N–H and O–H groups in total. The first-order valence-corrected chi connectivity index (χ1v) is 5.82. The van der Waals surface area contributed by atoms with Crippen LogP contribution in [0.4, 0.5) is 16.2 Å². The van der Waals surface area contributed by atoms with Crippen molar-refractivity contribution in [2.75, 3.05) is 17.2 Å². The number of rotatable bonds is 4. The standard InChI is InChI=1S/C13H18N2O4.H2O/c1-13(2,3)19-12(18)15-10-6-4-9(5-7-10)14-8-11(16)17;/h4-7,14H,8H2,1-3H3,(H,15,18)(H,16,17);1H2. The molecule has 7 nitrogen and oxygen atoms in total. The van der Waals surface area contributed by atoms with Crippen LogP contribution in [0.5, 0.6) is 0 Å². The van der Waals surface area contributed by atoms with Crippen LogP contribution in [-0.2, 0) is 9.53 Å². The number of carbonyl (C=O) groups is 2. The second-order valence-corrected chi connectivity index (χ2v) is 4.95. The average Bonchev–Trinajstić information content (AvgIpc) is 2.25. The largest absolute Gasteiger partial charge is 0.480 e. The molecule has 0 atom stereocenters. The normalized spacial score (nSPS) is 10.2. The molecule has 0 unspecified atom stereocenters. The third-order valence-corrected chi connectivity index (χ3v) is 1.97. The number of carboxylic acids is 1. The summed E-state index contributed by atoms with van der Waals surface area (Å²) in [6.45, 7) is 5.20. The van der Waals surface area contributed by atoms with Gasteiger partial charge in [0.2, 0.25) is 0 Å². The fraction of sp³-hybridized carbons (Fsp3) is 0.385. The van der Waals surface area contributed by atoms with Crippen molar-refractivity contribution in [2.24, 2.45) is 0 Å². The van der Waals surface area contributed by atoms with Crippen LogP contribution in [0.15, 0.2) is 24.3 Å². The lowest BCUT2D eigenvalue weighted by molar-refractivity contribution is -0.134. The number of carbonyl (C=O) groups excluding carboxylic acids is 1. The minimum absolute atomic E-state index is 0. The van der Waals surface area contributed by atoms with Crippen LogP contribution in [0.3, 0.4) is 0 Å². The quantitative estimate of drug-likeness (QED) is 0.777. The van der Waals surface area contributed by atoms with Gasteiger partial charge in [-0.15, -0.1) is 0 Å². The van der Waals surface area contributed by atoms with Crippen molar-refractivity contribution in [1.29, 1.82) is 0 Å². The summed E-state index contributed by atoms with van der Waals surface area (Å²) >= 11 is 0. The molecule has 1 rings (SSSR count). The number of aliphatic carboxylic acids is 1. The van der Waals surface area contributed by atoms with E-state index in [9.17, 15) is 9.59 Å². The first-order valence-electron chi connectivity index (χ1n) is 5.82. The summed E-state index contributed by atoms with van der Waals surface area (Å²) in [4.78, 5) is 21.9. The third kappa shape index (κ3) is 7.22. The molecular formula is C13H20N2O5. The molecule has 1 aromatic carbocycles. The zero-order chi connectivity index (χ0) is 14.5. The van der Waals surface area contributed by atoms with Gasteiger partial charge in [-0.3, -0.25) is 10.1 Å². The highest BCUT2D eigenvalue weighted by molar-refractivity contribution is 5.85. The Hall–Kier alpha value is -2.28. The van der Waals surface area contributed by atoms with E-state index in [0.29, 0.717) is 11.4 Å². The fourth-order valence-electron chi connectivity index (χ4n) is 1.27. The number of hydrogen-bond donors (Lipinski definition) is 3. The van der Waals surface area contributed by atoms with Crippen molar-refractivity contribution in [2.45, 2.75) is 26.4 Å². The highest BCUT2D eigenvalue weighted by Gasteiger charge is 2.15. The van der Waals surface area contributed by atoms with Gasteiger partial charge in [0.15, 0.2) is 0 Å². The monoisotopic (exact) mass is 284 g/mol. The van der Waals surface area contributed by atoms with Crippen LogP contribution in [0.25, 0.3) is 0 Å². The van der Waals surface area contributed by atoms with Gasteiger partial charge in [-0.2, -0.15) is 0 Å². The molecule has 1 amide bonds. The highest BCUT2D eigenvalue weighted by Crippen LogP contribution is 2.15. The van der Waals surface area contributed by atoms with E-state index in [2.05, 4.69) is 10.6 Å². The van der Waals surface area contributed by atoms with Crippen molar-refractivity contribution in [3.8, 4) is 0 Å². The molecule has 20 heavy (non-hydrogen) atoms. The fourth-order valence-corrected chi connectivity index (χ4v) is 1.27. The molecule has 1 aromatic rings. The average molecular weight is 284 g/mol. The van der Waals surface area contributed by atoms with E-state index in [0.717, 1.165) is 0 Å². The minimum Gasteiger partial charge on any atom is -0.480 e. The first-order chi connectivity index (χ1) is 8.76. The van der Waals surface area contributed by atoms with Crippen LogP contribution in [0.1, 0.15) is 20.8 Å². The Morgan fingerprint density at radius 1 is 1.15 bits per heavy atom. The molecular weight excluding hydrogens is 264 g/mol. The number of hydrogen-bond acceptors (Lipinski definition) is 4. The molecule has 0 aliphatic heterocycles. The maximum atomic E-state index is 11.5. The number of anilines is 2. The van der Waals surface area contributed by atoms with E-state index >= 15 is 0 Å². The van der Waals surface area contributed by atoms with Gasteiger partial charge in [-0.25, -0.2) is 4.79 Å². The summed E-state index contributed by atoms with van der Waals surface area (Å²) < 4.78 is 5.11. The summed E-state index contributed by atoms with van der Waals surface area (Å²) in [5.74, 6) is -0.934. The SMILES string of the molecule is CC(C)(C)OC(=O)Nc1ccc(NCC(=O)O)cc1.O. The first kappa shape index (κ1) is 17.7. The molecule has 7 heteroatoms. The van der Waals surface area contributed by atoms with Crippen LogP contribution < -0.4 is 10.6 Å². The molecule has 0 aliphatic rings. The molecule has 0 fully saturated rings. The van der Waals surface area contributed by atoms with Crippen molar-refractivity contribution in [3.05, 3.63) is 24.3 Å². The summed E-state index contributed by atoms with van der Waals surface area (Å²) in [7, 11) is 0. The summed E-state index contributed by atoms with van der Waals surface area (Å²) in [5.41, 5.74) is 0.694. The Morgan fingerprint density at radius 3 is 2.10 bits per heavy atom. The molecule has 0 aliphatic carbocycles. The maximum absolute atomic E-state index is 11.5. The van der Waals surface area contributed by atoms with Crippen LogP contribution in [-0.4, -0.2) is 34.8 Å². The van der Waals surface area contributed by atoms with Gasteiger partial charge < -0.3 is 20.6 Å². The van der Waals surface area contributed by atoms with Crippen LogP contribution in [0, 0.1) is 0 Å². The van der Waals surface area contributed by atoms with Crippen molar-refractivity contribution >= 4 is 23.4 Å². The summed E-state index contributed by atoms with van der Waals surface area (Å²) in [6.07, 6.45) is -0.529. The summed E-state index contributed by atoms with van der Waals surface area (Å²) in [6, 6.07) is 6.67. The van der Waals surface area contributed by atoms with Crippen LogP contribution in [0.2, 0.25) is 0 Å². The van der Waals surface area contributed by atoms with Gasteiger partial charge in [-0.1, -0.05) is 0 Å². The Kier molecular flexibility index (Phi) is 6.51. The number of ether oxygens (including phenoxy) is 1. The topological polar surface area (TPSA) is 119 Å². The van der Waals surface area contributed by atoms with Gasteiger partial charge in [0.25, 0.3) is 0 Å². The minimum atomic E-state index is -0.934. The molecule has 0 aromatic heterocycles. The van der Waals surface area contributed by atoms with E-state index < -0.39 is 17.7 Å². The van der Waals surface area contributed by atoms with E-state index in [-0.39, 0.29) is 12.0 Å². The van der Waals surface area contributed by atoms with E-state index in [4.69, 9.17) is 9.84 Å². The number of nitrogens with one attached hydrogen (secondary N) is 2. The predicted molar refractivity (Wildman–Crippen MR) is 76.0 cm³/mol. The smallest absolute Gasteiger partial charge is 0.412 e. The zero-order valence-corrected chi connectivity index (χ0v) is 11.7. The number of carboxylic acid groups (broad SMARTS) is 1. The lowest BCUT2D eigenvalue weighted by Gasteiger charge is -2.19. The Bertz CT molecular complexity index is 451. The molecule has 0 spiro atoms. The van der Waals surface area contributed by atoms with Gasteiger partial charge >= 0.3 is 12.1 Å². The zero-order valence-electron chi connectivity index (χ0n) is 11.7. The third-order valence-electron chi connectivity index (χ3n) is 1.97. The van der Waals surface area contributed by atoms with E-state index in [1.54, 1.807) is 45.0 Å². The Labute approximate surface area is 117 Å². The van der Waals surface area contributed by atoms with E-state index in [1.165, 1.54) is 0 Å². The maximum Gasteiger partial charge on any atom is 0.412 e. The van der Waals surface area contributed by atoms with Crippen molar-refractivity contribution in [3.63, 3.8) is 0 Å². The van der Waals surface area contributed by atoms with Crippen LogP contribution >= 0.6 is 0 Å². The highest BCUT2D eigenvalue weighted by atomic mass is 16.6. The lowest BCUT2D eigenvalue weighted by Crippen LogP contribution is -2.27. The molecule has 0 radical (unpaired) electrons. The Balaban J connectivity index is 0.00000361. The molecule has 0 saturated carbocycles. The number of benzene rings is 1. The number of amides is 1. The molecule has 0 heterocycles. The molecule has 112 valence electrons. The Morgan fingerprint density at radius 2 is 1.65 bits per heavy atom. The van der Waals surface area contributed by atoms with Crippen molar-refractivity contribution in [1.82, 2.24) is 0 Å². The van der Waals surface area contributed by atoms with Gasteiger partial charge in [0.1, 0.15) is 12.1 Å². The van der Waals surface area contributed by atoms with Gasteiger partial charge in [0, 0.05) is 11.4 Å². The molecule has 0 saturated heterocycles.